The smallest absolute Gasteiger partial charge is 0.303 e. The Morgan fingerprint density at radius 2 is 0.900 bits per heavy atom. The van der Waals surface area contributed by atoms with Crippen LogP contribution in [0.3, 0.4) is 0 Å². The van der Waals surface area contributed by atoms with Gasteiger partial charge in [-0.3, -0.25) is 9.05 Å². The highest BCUT2D eigenvalue weighted by molar-refractivity contribution is 7.46. The fourth-order valence-electron chi connectivity index (χ4n) is 2.63. The maximum absolute atomic E-state index is 10.5. The molecule has 0 radical (unpaired) electrons. The lowest BCUT2D eigenvalue weighted by molar-refractivity contribution is 0.193. The second-order valence-electron chi connectivity index (χ2n) is 6.94. The van der Waals surface area contributed by atoms with Gasteiger partial charge in [-0.15, -0.1) is 0 Å². The molecule has 0 unspecified atom stereocenters. The van der Waals surface area contributed by atoms with Gasteiger partial charge >= 0.3 is 15.6 Å². The number of rotatable bonds is 20. The van der Waals surface area contributed by atoms with Crippen LogP contribution in [-0.2, 0) is 18.2 Å². The van der Waals surface area contributed by atoms with Gasteiger partial charge < -0.3 is 19.6 Å². The fourth-order valence-corrected chi connectivity index (χ4v) is 3.34. The Bertz CT molecular complexity index is 577. The average Bonchev–Trinajstić information content (AvgIpc) is 2.64. The summed E-state index contributed by atoms with van der Waals surface area (Å²) in [6, 6.07) is 0. The molecule has 0 aromatic heterocycles. The molecule has 0 saturated heterocycles. The summed E-state index contributed by atoms with van der Waals surface area (Å²) in [6.07, 6.45) is 24.3. The number of unbranched alkanes of at least 4 members (excludes halogenated alkanes) is 8. The Labute approximate surface area is 180 Å². The fraction of sp³-hybridized carbons (Fsp3) is 0.700. The molecule has 0 amide bonds. The molecule has 0 aliphatic carbocycles. The Hall–Kier alpha value is -0.560. The van der Waals surface area contributed by atoms with E-state index in [0.29, 0.717) is 12.8 Å². The van der Waals surface area contributed by atoms with E-state index in [1.165, 1.54) is 25.7 Å². The lowest BCUT2D eigenvalue weighted by atomic mass is 10.1. The summed E-state index contributed by atoms with van der Waals surface area (Å²) in [4.78, 5) is 34.1. The first-order valence-corrected chi connectivity index (χ1v) is 13.6. The largest absolute Gasteiger partial charge is 0.469 e. The second kappa shape index (κ2) is 19.1. The second-order valence-corrected chi connectivity index (χ2v) is 9.42. The van der Waals surface area contributed by atoms with Gasteiger partial charge in [-0.05, 0) is 38.5 Å². The monoisotopic (exact) mass is 468 g/mol. The summed E-state index contributed by atoms with van der Waals surface area (Å²) in [6.45, 7) is 0.143. The molecule has 0 saturated carbocycles. The van der Waals surface area contributed by atoms with Crippen molar-refractivity contribution in [2.45, 2.75) is 77.0 Å². The van der Waals surface area contributed by atoms with Crippen LogP contribution in [0.4, 0.5) is 0 Å². The van der Waals surface area contributed by atoms with Crippen LogP contribution in [0.2, 0.25) is 0 Å². The molecule has 0 aromatic rings. The van der Waals surface area contributed by atoms with Gasteiger partial charge in [-0.1, -0.05) is 75.0 Å². The minimum Gasteiger partial charge on any atom is -0.303 e. The zero-order valence-corrected chi connectivity index (χ0v) is 19.5. The summed E-state index contributed by atoms with van der Waals surface area (Å²) in [7, 11) is -8.65. The number of hydrogen-bond donors (Lipinski definition) is 4. The maximum Gasteiger partial charge on any atom is 0.469 e. The molecule has 30 heavy (non-hydrogen) atoms. The summed E-state index contributed by atoms with van der Waals surface area (Å²) in [5, 5.41) is 0. The Kier molecular flexibility index (Phi) is 18.8. The van der Waals surface area contributed by atoms with Crippen molar-refractivity contribution in [3.8, 4) is 0 Å². The lowest BCUT2D eigenvalue weighted by Gasteiger charge is -2.04. The maximum atomic E-state index is 10.5. The van der Waals surface area contributed by atoms with Gasteiger partial charge in [-0.2, -0.15) is 0 Å². The van der Waals surface area contributed by atoms with E-state index in [0.717, 1.165) is 38.5 Å². The molecule has 0 aromatic carbocycles. The quantitative estimate of drug-likeness (QED) is 0.104. The van der Waals surface area contributed by atoms with Crippen LogP contribution in [0.5, 0.6) is 0 Å². The van der Waals surface area contributed by atoms with Crippen molar-refractivity contribution in [3.63, 3.8) is 0 Å². The van der Waals surface area contributed by atoms with Gasteiger partial charge in [0.05, 0.1) is 13.2 Å². The standard InChI is InChI=1S/C20H38O8P2/c21-29(22,23)27-19-17-15-13-11-9-7-5-3-1-2-4-6-8-10-12-14-16-18-20-28-30(24,25)26/h1,3,7,9,13,15H,2,4-6,8,10-12,14,16-20H2,(H2,21,22,23)(H2,24,25,26)/b3-1+,9-7+,15-13+. The van der Waals surface area contributed by atoms with Crippen LogP contribution in [0.25, 0.3) is 0 Å². The zero-order valence-electron chi connectivity index (χ0n) is 17.7. The van der Waals surface area contributed by atoms with Crippen molar-refractivity contribution < 1.29 is 37.8 Å². The van der Waals surface area contributed by atoms with Crippen LogP contribution < -0.4 is 0 Å². The van der Waals surface area contributed by atoms with Gasteiger partial charge in [0, 0.05) is 0 Å². The van der Waals surface area contributed by atoms with Crippen molar-refractivity contribution in [1.82, 2.24) is 0 Å². The molecule has 0 fully saturated rings. The first-order valence-electron chi connectivity index (χ1n) is 10.6. The third-order valence-electron chi connectivity index (χ3n) is 4.11. The van der Waals surface area contributed by atoms with Crippen LogP contribution in [0.1, 0.15) is 77.0 Å². The minimum atomic E-state index is -4.34. The van der Waals surface area contributed by atoms with Crippen LogP contribution >= 0.6 is 15.6 Å². The van der Waals surface area contributed by atoms with E-state index in [-0.39, 0.29) is 13.2 Å². The number of phosphoric ester groups is 2. The number of allylic oxidation sites excluding steroid dienone is 5. The van der Waals surface area contributed by atoms with E-state index in [1.807, 2.05) is 12.2 Å². The summed E-state index contributed by atoms with van der Waals surface area (Å²) < 4.78 is 29.7. The predicted octanol–water partition coefficient (Wildman–Crippen LogP) is 5.55. The molecule has 0 spiro atoms. The summed E-state index contributed by atoms with van der Waals surface area (Å²) in [5.41, 5.74) is 0. The van der Waals surface area contributed by atoms with Crippen LogP contribution in [0, 0.1) is 0 Å². The summed E-state index contributed by atoms with van der Waals surface area (Å²) >= 11 is 0. The Balaban J connectivity index is 3.33. The molecular formula is C20H38O8P2. The molecule has 0 atom stereocenters. The molecule has 0 bridgehead atoms. The van der Waals surface area contributed by atoms with Gasteiger partial charge in [-0.25, -0.2) is 9.13 Å². The molecule has 4 N–H and O–H groups in total. The van der Waals surface area contributed by atoms with E-state index in [4.69, 9.17) is 19.6 Å². The topological polar surface area (TPSA) is 134 Å². The van der Waals surface area contributed by atoms with Gasteiger partial charge in [0.25, 0.3) is 0 Å². The third kappa shape index (κ3) is 27.4. The van der Waals surface area contributed by atoms with Crippen molar-refractivity contribution in [3.05, 3.63) is 36.5 Å². The first-order chi connectivity index (χ1) is 14.2. The van der Waals surface area contributed by atoms with E-state index in [1.54, 1.807) is 0 Å². The van der Waals surface area contributed by atoms with Crippen molar-refractivity contribution in [2.24, 2.45) is 0 Å². The molecular weight excluding hydrogens is 430 g/mol. The molecule has 0 aliphatic heterocycles. The highest BCUT2D eigenvalue weighted by atomic mass is 31.2. The zero-order chi connectivity index (χ0) is 22.6. The van der Waals surface area contributed by atoms with Crippen molar-refractivity contribution >= 4 is 15.6 Å². The van der Waals surface area contributed by atoms with Gasteiger partial charge in [0.1, 0.15) is 0 Å². The first kappa shape index (κ1) is 29.4. The molecule has 10 heteroatoms. The Morgan fingerprint density at radius 1 is 0.500 bits per heavy atom. The van der Waals surface area contributed by atoms with Crippen LogP contribution in [0.15, 0.2) is 36.5 Å². The normalized spacial score (nSPS) is 13.3. The van der Waals surface area contributed by atoms with E-state index >= 15 is 0 Å². The van der Waals surface area contributed by atoms with E-state index < -0.39 is 15.6 Å². The number of hydrogen-bond acceptors (Lipinski definition) is 4. The number of phosphoric acid groups is 2. The average molecular weight is 468 g/mol. The predicted molar refractivity (Wildman–Crippen MR) is 119 cm³/mol. The molecule has 0 aliphatic rings. The van der Waals surface area contributed by atoms with Gasteiger partial charge in [0.15, 0.2) is 0 Å². The highest BCUT2D eigenvalue weighted by Crippen LogP contribution is 2.36. The lowest BCUT2D eigenvalue weighted by Crippen LogP contribution is -1.92. The van der Waals surface area contributed by atoms with Crippen molar-refractivity contribution in [1.29, 1.82) is 0 Å². The molecule has 176 valence electrons. The summed E-state index contributed by atoms with van der Waals surface area (Å²) in [5.74, 6) is 0. The van der Waals surface area contributed by atoms with Gasteiger partial charge in [0.2, 0.25) is 0 Å². The van der Waals surface area contributed by atoms with E-state index in [9.17, 15) is 9.13 Å². The third-order valence-corrected chi connectivity index (χ3v) is 5.15. The minimum absolute atomic E-state index is 0.0183. The molecule has 8 nitrogen and oxygen atoms in total. The molecule has 0 rings (SSSR count). The van der Waals surface area contributed by atoms with Crippen molar-refractivity contribution in [2.75, 3.05) is 13.2 Å². The van der Waals surface area contributed by atoms with E-state index in [2.05, 4.69) is 33.4 Å². The SMILES string of the molecule is O=P(O)(O)OCC/C=C/C/C=C/C/C=C/CCCCCCCCCCOP(=O)(O)O. The Morgan fingerprint density at radius 3 is 1.43 bits per heavy atom. The van der Waals surface area contributed by atoms with Crippen LogP contribution in [-0.4, -0.2) is 32.8 Å². The molecule has 0 heterocycles. The highest BCUT2D eigenvalue weighted by Gasteiger charge is 2.12.